The molecule has 0 unspecified atom stereocenters. The van der Waals surface area contributed by atoms with Crippen molar-refractivity contribution in [2.75, 3.05) is 19.5 Å². The van der Waals surface area contributed by atoms with Crippen LogP contribution >= 0.6 is 11.6 Å². The largest absolute Gasteiger partial charge is 0.493 e. The Morgan fingerprint density at radius 3 is 2.47 bits per heavy atom. The van der Waals surface area contributed by atoms with Gasteiger partial charge in [0.15, 0.2) is 17.3 Å². The standard InChI is InChI=1S/C32H25ClN4O6/c1-41-28-15-19-23(16-29(28)42-2)34-13-12-27(19)43-18-10-11-30(35-17-18)36-31(39)21-14-20-24(8-5-9-26(20)38)37(32(21)40)25-7-4-3-6-22(25)33/h3-4,6-7,10-17H,5,8-9H2,1-2H3,(H,35,36,39). The van der Waals surface area contributed by atoms with Gasteiger partial charge in [0.2, 0.25) is 0 Å². The second-order valence-corrected chi connectivity index (χ2v) is 10.2. The van der Waals surface area contributed by atoms with Crippen molar-refractivity contribution in [1.82, 2.24) is 14.5 Å². The fourth-order valence-corrected chi connectivity index (χ4v) is 5.32. The lowest BCUT2D eigenvalue weighted by Gasteiger charge is -2.22. The molecule has 0 atom stereocenters. The number of hydrogen-bond donors (Lipinski definition) is 1. The van der Waals surface area contributed by atoms with Gasteiger partial charge in [0.05, 0.1) is 36.6 Å². The number of nitrogens with zero attached hydrogens (tertiary/aromatic N) is 3. The number of ether oxygens (including phenoxy) is 3. The Labute approximate surface area is 250 Å². The minimum atomic E-state index is -0.700. The van der Waals surface area contributed by atoms with E-state index in [1.165, 1.54) is 16.8 Å². The van der Waals surface area contributed by atoms with E-state index in [9.17, 15) is 14.4 Å². The molecule has 10 nitrogen and oxygen atoms in total. The first-order valence-electron chi connectivity index (χ1n) is 13.4. The van der Waals surface area contributed by atoms with Crippen LogP contribution in [0.1, 0.15) is 39.3 Å². The normalized spacial score (nSPS) is 12.5. The van der Waals surface area contributed by atoms with Gasteiger partial charge in [0.25, 0.3) is 11.5 Å². The predicted molar refractivity (Wildman–Crippen MR) is 161 cm³/mol. The molecule has 0 radical (unpaired) electrons. The first-order chi connectivity index (χ1) is 20.9. The molecule has 3 aromatic heterocycles. The lowest BCUT2D eigenvalue weighted by Crippen LogP contribution is -2.33. The van der Waals surface area contributed by atoms with E-state index in [2.05, 4.69) is 15.3 Å². The zero-order chi connectivity index (χ0) is 30.1. The molecule has 0 saturated carbocycles. The first-order valence-corrected chi connectivity index (χ1v) is 13.8. The van der Waals surface area contributed by atoms with Crippen LogP contribution < -0.4 is 25.1 Å². The number of rotatable bonds is 7. The second-order valence-electron chi connectivity index (χ2n) is 9.76. The predicted octanol–water partition coefficient (Wildman–Crippen LogP) is 6.01. The van der Waals surface area contributed by atoms with E-state index in [-0.39, 0.29) is 17.2 Å². The zero-order valence-corrected chi connectivity index (χ0v) is 24.0. The van der Waals surface area contributed by atoms with E-state index in [1.807, 2.05) is 0 Å². The Kier molecular flexibility index (Phi) is 7.52. The van der Waals surface area contributed by atoms with Crippen LogP contribution in [0, 0.1) is 0 Å². The molecular formula is C32H25ClN4O6. The van der Waals surface area contributed by atoms with Crippen LogP contribution in [0.3, 0.4) is 0 Å². The first kappa shape index (κ1) is 27.9. The topological polar surface area (TPSA) is 122 Å². The van der Waals surface area contributed by atoms with Crippen LogP contribution in [-0.4, -0.2) is 40.4 Å². The van der Waals surface area contributed by atoms with Crippen molar-refractivity contribution < 1.29 is 23.8 Å². The summed E-state index contributed by atoms with van der Waals surface area (Å²) >= 11 is 6.42. The van der Waals surface area contributed by atoms with Crippen molar-refractivity contribution in [3.63, 3.8) is 0 Å². The van der Waals surface area contributed by atoms with Gasteiger partial charge in [-0.05, 0) is 55.3 Å². The van der Waals surface area contributed by atoms with Gasteiger partial charge in [0.1, 0.15) is 22.9 Å². The van der Waals surface area contributed by atoms with Crippen molar-refractivity contribution >= 4 is 40.0 Å². The summed E-state index contributed by atoms with van der Waals surface area (Å²) in [6, 6.07) is 16.6. The van der Waals surface area contributed by atoms with Gasteiger partial charge in [-0.1, -0.05) is 23.7 Å². The molecule has 3 heterocycles. The fraction of sp³-hybridized carbons (Fsp3) is 0.156. The summed E-state index contributed by atoms with van der Waals surface area (Å²) in [5.74, 6) is 1.36. The smallest absolute Gasteiger partial charge is 0.268 e. The van der Waals surface area contributed by atoms with Crippen molar-refractivity contribution in [3.8, 4) is 28.7 Å². The maximum atomic E-state index is 13.7. The number of fused-ring (bicyclic) bond motifs is 2. The highest BCUT2D eigenvalue weighted by atomic mass is 35.5. The van der Waals surface area contributed by atoms with Crippen LogP contribution in [-0.2, 0) is 6.42 Å². The maximum absolute atomic E-state index is 13.7. The molecular weight excluding hydrogens is 572 g/mol. The molecule has 0 fully saturated rings. The summed E-state index contributed by atoms with van der Waals surface area (Å²) in [7, 11) is 3.10. The Balaban J connectivity index is 1.28. The summed E-state index contributed by atoms with van der Waals surface area (Å²) in [6.45, 7) is 0. The zero-order valence-electron chi connectivity index (χ0n) is 23.2. The molecule has 1 amide bonds. The number of para-hydroxylation sites is 1. The molecule has 6 rings (SSSR count). The van der Waals surface area contributed by atoms with E-state index >= 15 is 0 Å². The minimum absolute atomic E-state index is 0.129. The van der Waals surface area contributed by atoms with Crippen LogP contribution in [0.25, 0.3) is 16.6 Å². The number of methoxy groups -OCH3 is 2. The highest BCUT2D eigenvalue weighted by molar-refractivity contribution is 6.32. The van der Waals surface area contributed by atoms with E-state index in [1.54, 1.807) is 75.0 Å². The van der Waals surface area contributed by atoms with Gasteiger partial charge < -0.3 is 19.5 Å². The summed E-state index contributed by atoms with van der Waals surface area (Å²) < 4.78 is 18.2. The Morgan fingerprint density at radius 2 is 1.72 bits per heavy atom. The number of Topliss-reactive ketones (excluding diaryl/α,β-unsaturated/α-hetero) is 1. The summed E-state index contributed by atoms with van der Waals surface area (Å²) in [5.41, 5.74) is 1.18. The van der Waals surface area contributed by atoms with Gasteiger partial charge in [0, 0.05) is 35.3 Å². The van der Waals surface area contributed by atoms with Gasteiger partial charge >= 0.3 is 0 Å². The third kappa shape index (κ3) is 5.28. The number of hydrogen-bond acceptors (Lipinski definition) is 8. The average Bonchev–Trinajstić information content (AvgIpc) is 3.02. The Morgan fingerprint density at radius 1 is 0.930 bits per heavy atom. The molecule has 5 aromatic rings. The van der Waals surface area contributed by atoms with E-state index in [4.69, 9.17) is 25.8 Å². The maximum Gasteiger partial charge on any atom is 0.268 e. The molecule has 0 spiro atoms. The van der Waals surface area contributed by atoms with Crippen molar-refractivity contribution in [1.29, 1.82) is 0 Å². The van der Waals surface area contributed by atoms with Crippen LogP contribution in [0.15, 0.2) is 77.9 Å². The van der Waals surface area contributed by atoms with Crippen molar-refractivity contribution in [2.24, 2.45) is 0 Å². The molecule has 1 N–H and O–H groups in total. The van der Waals surface area contributed by atoms with E-state index < -0.39 is 11.5 Å². The van der Waals surface area contributed by atoms with Crippen molar-refractivity contribution in [3.05, 3.63) is 105 Å². The summed E-state index contributed by atoms with van der Waals surface area (Å²) in [6.07, 6.45) is 4.52. The number of aromatic nitrogens is 3. The molecule has 0 bridgehead atoms. The number of benzene rings is 2. The molecule has 43 heavy (non-hydrogen) atoms. The molecule has 0 saturated heterocycles. The third-order valence-corrected chi connectivity index (χ3v) is 7.49. The molecule has 2 aromatic carbocycles. The number of halogens is 1. The number of pyridine rings is 3. The number of ketones is 1. The highest BCUT2D eigenvalue weighted by Crippen LogP contribution is 2.37. The number of carbonyl (C=O) groups excluding carboxylic acids is 2. The molecule has 1 aliphatic carbocycles. The second kappa shape index (κ2) is 11.6. The van der Waals surface area contributed by atoms with Crippen LogP contribution in [0.5, 0.6) is 23.0 Å². The van der Waals surface area contributed by atoms with Gasteiger partial charge in [-0.15, -0.1) is 0 Å². The van der Waals surface area contributed by atoms with Gasteiger partial charge in [-0.25, -0.2) is 4.98 Å². The minimum Gasteiger partial charge on any atom is -0.493 e. The van der Waals surface area contributed by atoms with Crippen molar-refractivity contribution in [2.45, 2.75) is 19.3 Å². The van der Waals surface area contributed by atoms with Gasteiger partial charge in [-0.2, -0.15) is 0 Å². The highest BCUT2D eigenvalue weighted by Gasteiger charge is 2.27. The molecule has 11 heteroatoms. The number of anilines is 1. The van der Waals surface area contributed by atoms with Crippen LogP contribution in [0.4, 0.5) is 5.82 Å². The third-order valence-electron chi connectivity index (χ3n) is 7.17. The van der Waals surface area contributed by atoms with E-state index in [0.29, 0.717) is 75.1 Å². The fourth-order valence-electron chi connectivity index (χ4n) is 5.10. The number of nitrogens with one attached hydrogen (secondary N) is 1. The van der Waals surface area contributed by atoms with Gasteiger partial charge in [-0.3, -0.25) is 23.9 Å². The van der Waals surface area contributed by atoms with Crippen LogP contribution in [0.2, 0.25) is 5.02 Å². The lowest BCUT2D eigenvalue weighted by atomic mass is 9.92. The number of amides is 1. The number of carbonyl (C=O) groups is 2. The van der Waals surface area contributed by atoms with E-state index in [0.717, 1.165) is 0 Å². The Hall–Kier alpha value is -5.22. The summed E-state index contributed by atoms with van der Waals surface area (Å²) in [5, 5.41) is 3.69. The molecule has 216 valence electrons. The quantitative estimate of drug-likeness (QED) is 0.242. The SMILES string of the molecule is COc1cc2nccc(Oc3ccc(NC(=O)c4cc5c(n(-c6ccccc6Cl)c4=O)CCCC5=O)nc3)c2cc1OC. The molecule has 1 aliphatic rings. The summed E-state index contributed by atoms with van der Waals surface area (Å²) in [4.78, 5) is 48.5. The Bertz CT molecular complexity index is 1960. The monoisotopic (exact) mass is 596 g/mol. The lowest BCUT2D eigenvalue weighted by molar-refractivity contribution is 0.0971. The average molecular weight is 597 g/mol. The molecule has 0 aliphatic heterocycles.